The maximum Gasteiger partial charge on any atom is 0.244 e. The van der Waals surface area contributed by atoms with Crippen molar-refractivity contribution in [2.24, 2.45) is 0 Å². The fraction of sp³-hybridized carbons (Fsp3) is 0.421. The second-order valence-electron chi connectivity index (χ2n) is 6.66. The van der Waals surface area contributed by atoms with Gasteiger partial charge in [-0.3, -0.25) is 0 Å². The number of sulfonamides is 1. The van der Waals surface area contributed by atoms with Crippen LogP contribution in [0.5, 0.6) is 11.5 Å². The molecule has 1 saturated heterocycles. The molecule has 4 rings (SSSR count). The molecule has 0 saturated carbocycles. The fourth-order valence-electron chi connectivity index (χ4n) is 3.19. The van der Waals surface area contributed by atoms with Crippen molar-refractivity contribution in [1.82, 2.24) is 9.29 Å². The number of nitrogens with one attached hydrogen (secondary N) is 1. The van der Waals surface area contributed by atoms with E-state index >= 15 is 0 Å². The van der Waals surface area contributed by atoms with E-state index in [4.69, 9.17) is 14.2 Å². The van der Waals surface area contributed by atoms with Gasteiger partial charge in [-0.1, -0.05) is 6.07 Å². The second-order valence-corrected chi connectivity index (χ2v) is 8.60. The van der Waals surface area contributed by atoms with E-state index in [0.717, 1.165) is 17.1 Å². The topological polar surface area (TPSA) is 90.0 Å². The summed E-state index contributed by atoms with van der Waals surface area (Å²) in [5, 5.41) is 3.29. The minimum absolute atomic E-state index is 0.0370. The molecule has 1 N–H and O–H groups in total. The average Bonchev–Trinajstić information content (AvgIpc) is 2.74. The van der Waals surface area contributed by atoms with E-state index in [2.05, 4.69) is 10.3 Å². The molecule has 28 heavy (non-hydrogen) atoms. The lowest BCUT2D eigenvalue weighted by Crippen LogP contribution is -2.40. The van der Waals surface area contributed by atoms with Crippen LogP contribution in [0.15, 0.2) is 41.4 Å². The van der Waals surface area contributed by atoms with Gasteiger partial charge < -0.3 is 19.5 Å². The van der Waals surface area contributed by atoms with E-state index < -0.39 is 10.0 Å². The van der Waals surface area contributed by atoms with Crippen LogP contribution in [-0.4, -0.2) is 57.2 Å². The number of rotatable bonds is 5. The molecule has 9 heteroatoms. The van der Waals surface area contributed by atoms with E-state index in [-0.39, 0.29) is 10.9 Å². The summed E-state index contributed by atoms with van der Waals surface area (Å²) in [6.45, 7) is 4.67. The highest BCUT2D eigenvalue weighted by molar-refractivity contribution is 7.89. The Morgan fingerprint density at radius 2 is 1.79 bits per heavy atom. The Kier molecular flexibility index (Phi) is 5.38. The van der Waals surface area contributed by atoms with Gasteiger partial charge in [0, 0.05) is 19.3 Å². The van der Waals surface area contributed by atoms with Crippen molar-refractivity contribution >= 4 is 15.8 Å². The van der Waals surface area contributed by atoms with Crippen LogP contribution in [0.3, 0.4) is 0 Å². The standard InChI is InChI=1S/C19H23N3O5S/c1-14(15-2-4-17-18(12-15)27-11-10-26-17)21-19-5-3-16(13-20-19)28(23,24)22-6-8-25-9-7-22/h2-5,12-14H,6-11H2,1H3,(H,20,21)/t14-/m1/s1. The van der Waals surface area contributed by atoms with Gasteiger partial charge in [0.1, 0.15) is 23.9 Å². The molecule has 0 bridgehead atoms. The summed E-state index contributed by atoms with van der Waals surface area (Å²) in [5.41, 5.74) is 1.02. The zero-order chi connectivity index (χ0) is 19.6. The summed E-state index contributed by atoms with van der Waals surface area (Å²) in [7, 11) is -3.54. The summed E-state index contributed by atoms with van der Waals surface area (Å²) in [6.07, 6.45) is 1.39. The summed E-state index contributed by atoms with van der Waals surface area (Å²) < 4.78 is 43.1. The summed E-state index contributed by atoms with van der Waals surface area (Å²) in [6, 6.07) is 9.04. The van der Waals surface area contributed by atoms with Gasteiger partial charge in [-0.2, -0.15) is 4.31 Å². The van der Waals surface area contributed by atoms with Gasteiger partial charge in [-0.05, 0) is 36.8 Å². The van der Waals surface area contributed by atoms with Crippen LogP contribution in [0, 0.1) is 0 Å². The van der Waals surface area contributed by atoms with Crippen LogP contribution < -0.4 is 14.8 Å². The molecule has 2 aromatic rings. The van der Waals surface area contributed by atoms with Crippen molar-refractivity contribution in [3.63, 3.8) is 0 Å². The maximum absolute atomic E-state index is 12.7. The second kappa shape index (κ2) is 7.94. The first-order valence-corrected chi connectivity index (χ1v) is 10.7. The number of morpholine rings is 1. The van der Waals surface area contributed by atoms with Crippen LogP contribution in [0.2, 0.25) is 0 Å². The first-order chi connectivity index (χ1) is 13.5. The SMILES string of the molecule is C[C@@H](Nc1ccc(S(=O)(=O)N2CCOCC2)cn1)c1ccc2c(c1)OCCO2. The molecular weight excluding hydrogens is 382 g/mol. The monoisotopic (exact) mass is 405 g/mol. The van der Waals surface area contributed by atoms with E-state index in [1.807, 2.05) is 25.1 Å². The van der Waals surface area contributed by atoms with Crippen molar-refractivity contribution < 1.29 is 22.6 Å². The van der Waals surface area contributed by atoms with Crippen molar-refractivity contribution in [2.75, 3.05) is 44.8 Å². The Bertz CT molecular complexity index is 927. The lowest BCUT2D eigenvalue weighted by Gasteiger charge is -2.26. The predicted octanol–water partition coefficient (Wildman–Crippen LogP) is 2.05. The molecule has 8 nitrogen and oxygen atoms in total. The smallest absolute Gasteiger partial charge is 0.244 e. The highest BCUT2D eigenvalue weighted by atomic mass is 32.2. The third-order valence-corrected chi connectivity index (χ3v) is 6.66. The molecule has 1 atom stereocenters. The lowest BCUT2D eigenvalue weighted by atomic mass is 10.1. The third-order valence-electron chi connectivity index (χ3n) is 4.77. The molecule has 3 heterocycles. The number of hydrogen-bond acceptors (Lipinski definition) is 7. The number of hydrogen-bond donors (Lipinski definition) is 1. The van der Waals surface area contributed by atoms with Crippen LogP contribution in [0.1, 0.15) is 18.5 Å². The molecule has 0 radical (unpaired) electrons. The van der Waals surface area contributed by atoms with Crippen molar-refractivity contribution in [3.05, 3.63) is 42.1 Å². The Labute approximate surface area is 164 Å². The van der Waals surface area contributed by atoms with Crippen LogP contribution >= 0.6 is 0 Å². The van der Waals surface area contributed by atoms with Gasteiger partial charge in [0.2, 0.25) is 10.0 Å². The highest BCUT2D eigenvalue weighted by Gasteiger charge is 2.26. The van der Waals surface area contributed by atoms with Crippen molar-refractivity contribution in [3.8, 4) is 11.5 Å². The highest BCUT2D eigenvalue weighted by Crippen LogP contribution is 2.33. The van der Waals surface area contributed by atoms with Gasteiger partial charge in [-0.15, -0.1) is 0 Å². The van der Waals surface area contributed by atoms with Gasteiger partial charge in [0.05, 0.1) is 19.3 Å². The average molecular weight is 405 g/mol. The summed E-state index contributed by atoms with van der Waals surface area (Å²) in [4.78, 5) is 4.48. The van der Waals surface area contributed by atoms with Gasteiger partial charge in [0.15, 0.2) is 11.5 Å². The van der Waals surface area contributed by atoms with E-state index in [1.165, 1.54) is 10.5 Å². The molecule has 0 amide bonds. The first kappa shape index (κ1) is 19.0. The maximum atomic E-state index is 12.7. The molecule has 0 unspecified atom stereocenters. The number of aromatic nitrogens is 1. The number of benzene rings is 1. The normalized spacial score (nSPS) is 18.5. The number of ether oxygens (including phenoxy) is 3. The summed E-state index contributed by atoms with van der Waals surface area (Å²) >= 11 is 0. The minimum Gasteiger partial charge on any atom is -0.486 e. The van der Waals surface area contributed by atoms with Gasteiger partial charge >= 0.3 is 0 Å². The Morgan fingerprint density at radius 1 is 1.04 bits per heavy atom. The van der Waals surface area contributed by atoms with Crippen LogP contribution in [0.25, 0.3) is 0 Å². The Balaban J connectivity index is 1.45. The zero-order valence-electron chi connectivity index (χ0n) is 15.6. The number of anilines is 1. The minimum atomic E-state index is -3.54. The van der Waals surface area contributed by atoms with Gasteiger partial charge in [0.25, 0.3) is 0 Å². The molecule has 1 aromatic heterocycles. The molecular formula is C19H23N3O5S. The van der Waals surface area contributed by atoms with Gasteiger partial charge in [-0.25, -0.2) is 13.4 Å². The van der Waals surface area contributed by atoms with E-state index in [9.17, 15) is 8.42 Å². The molecule has 1 fully saturated rings. The van der Waals surface area contributed by atoms with Crippen molar-refractivity contribution in [2.45, 2.75) is 17.9 Å². The molecule has 2 aliphatic heterocycles. The number of nitrogens with zero attached hydrogens (tertiary/aromatic N) is 2. The van der Waals surface area contributed by atoms with E-state index in [0.29, 0.717) is 45.3 Å². The number of fused-ring (bicyclic) bond motifs is 1. The zero-order valence-corrected chi connectivity index (χ0v) is 16.4. The van der Waals surface area contributed by atoms with Crippen LogP contribution in [0.4, 0.5) is 5.82 Å². The largest absolute Gasteiger partial charge is 0.486 e. The lowest BCUT2D eigenvalue weighted by molar-refractivity contribution is 0.0730. The predicted molar refractivity (Wildman–Crippen MR) is 103 cm³/mol. The molecule has 2 aliphatic rings. The summed E-state index contributed by atoms with van der Waals surface area (Å²) in [5.74, 6) is 2.08. The first-order valence-electron chi connectivity index (χ1n) is 9.24. The molecule has 0 spiro atoms. The molecule has 150 valence electrons. The van der Waals surface area contributed by atoms with Crippen molar-refractivity contribution in [1.29, 1.82) is 0 Å². The van der Waals surface area contributed by atoms with Crippen LogP contribution in [-0.2, 0) is 14.8 Å². The number of pyridine rings is 1. The molecule has 1 aromatic carbocycles. The quantitative estimate of drug-likeness (QED) is 0.814. The fourth-order valence-corrected chi connectivity index (χ4v) is 4.54. The Morgan fingerprint density at radius 3 is 2.50 bits per heavy atom. The Hall–Kier alpha value is -2.36. The van der Waals surface area contributed by atoms with E-state index in [1.54, 1.807) is 12.1 Å². The third kappa shape index (κ3) is 3.91. The molecule has 0 aliphatic carbocycles.